The van der Waals surface area contributed by atoms with Gasteiger partial charge in [0, 0.05) is 57.6 Å². The highest BCUT2D eigenvalue weighted by molar-refractivity contribution is 5.84. The van der Waals surface area contributed by atoms with Crippen LogP contribution in [0.5, 0.6) is 17.2 Å². The van der Waals surface area contributed by atoms with Gasteiger partial charge >= 0.3 is 0 Å². The summed E-state index contributed by atoms with van der Waals surface area (Å²) in [5, 5.41) is 6.10. The van der Waals surface area contributed by atoms with Crippen molar-refractivity contribution in [1.29, 1.82) is 0 Å². The Labute approximate surface area is 263 Å². The molecular formula is C34H41N5O6. The molecule has 2 heterocycles. The van der Waals surface area contributed by atoms with E-state index < -0.39 is 6.04 Å². The molecule has 3 aromatic rings. The quantitative estimate of drug-likeness (QED) is 0.354. The number of nitrogens with zero attached hydrogens (tertiary/aromatic N) is 3. The van der Waals surface area contributed by atoms with Crippen LogP contribution in [0.25, 0.3) is 11.1 Å². The van der Waals surface area contributed by atoms with Gasteiger partial charge in [-0.3, -0.25) is 24.3 Å². The lowest BCUT2D eigenvalue weighted by molar-refractivity contribution is -0.131. The zero-order chi connectivity index (χ0) is 31.9. The summed E-state index contributed by atoms with van der Waals surface area (Å²) in [6, 6.07) is 10.7. The first kappa shape index (κ1) is 31.8. The number of piperazine rings is 1. The third kappa shape index (κ3) is 7.20. The van der Waals surface area contributed by atoms with Crippen LogP contribution in [0, 0.1) is 0 Å². The van der Waals surface area contributed by atoms with Crippen LogP contribution in [0.4, 0.5) is 5.69 Å². The molecule has 2 amide bonds. The highest BCUT2D eigenvalue weighted by atomic mass is 16.5. The highest BCUT2D eigenvalue weighted by Crippen LogP contribution is 2.50. The Hall–Kier alpha value is -4.64. The predicted octanol–water partition coefficient (Wildman–Crippen LogP) is 3.06. The summed E-state index contributed by atoms with van der Waals surface area (Å²) < 4.78 is 17.1. The van der Waals surface area contributed by atoms with Crippen molar-refractivity contribution in [3.8, 4) is 28.4 Å². The molecule has 1 saturated heterocycles. The van der Waals surface area contributed by atoms with Gasteiger partial charge in [-0.1, -0.05) is 6.07 Å². The van der Waals surface area contributed by atoms with E-state index in [-0.39, 0.29) is 23.8 Å². The monoisotopic (exact) mass is 615 g/mol. The van der Waals surface area contributed by atoms with Gasteiger partial charge in [0.05, 0.1) is 39.6 Å². The second-order valence-electron chi connectivity index (χ2n) is 11.3. The van der Waals surface area contributed by atoms with Crippen molar-refractivity contribution in [2.45, 2.75) is 32.2 Å². The van der Waals surface area contributed by atoms with Gasteiger partial charge in [-0.15, -0.1) is 0 Å². The molecule has 1 aliphatic carbocycles. The van der Waals surface area contributed by atoms with Crippen molar-refractivity contribution < 1.29 is 23.8 Å². The summed E-state index contributed by atoms with van der Waals surface area (Å²) in [5.74, 6) is 1.21. The molecule has 1 fully saturated rings. The number of hydrogen-bond acceptors (Lipinski definition) is 9. The number of ether oxygens (including phenoxy) is 3. The third-order valence-electron chi connectivity index (χ3n) is 8.54. The lowest BCUT2D eigenvalue weighted by atomic mass is 9.95. The Kier molecular flexibility index (Phi) is 10.2. The van der Waals surface area contributed by atoms with Crippen LogP contribution in [0.1, 0.15) is 36.1 Å². The number of amides is 2. The lowest BCUT2D eigenvalue weighted by Gasteiger charge is -2.34. The Bertz CT molecular complexity index is 1590. The Morgan fingerprint density at radius 2 is 1.69 bits per heavy atom. The number of pyridine rings is 1. The van der Waals surface area contributed by atoms with Crippen LogP contribution in [0.15, 0.2) is 53.6 Å². The minimum absolute atomic E-state index is 0.000982. The number of carbonyl (C=O) groups is 2. The Balaban J connectivity index is 1.35. The summed E-state index contributed by atoms with van der Waals surface area (Å²) in [4.78, 5) is 47.2. The number of carbonyl (C=O) groups excluding carboxylic acids is 2. The number of nitrogens with one attached hydrogen (secondary N) is 2. The molecule has 0 radical (unpaired) electrons. The maximum Gasteiger partial charge on any atom is 0.241 e. The average Bonchev–Trinajstić information content (AvgIpc) is 3.30. The number of rotatable bonds is 10. The molecule has 2 aliphatic rings. The van der Waals surface area contributed by atoms with Crippen LogP contribution in [-0.4, -0.2) is 87.2 Å². The minimum atomic E-state index is -0.406. The van der Waals surface area contributed by atoms with Crippen LogP contribution in [0.2, 0.25) is 0 Å². The number of hydrogen-bond donors (Lipinski definition) is 2. The van der Waals surface area contributed by atoms with Gasteiger partial charge in [0.2, 0.25) is 23.0 Å². The van der Waals surface area contributed by atoms with Crippen molar-refractivity contribution in [2.75, 3.05) is 65.9 Å². The van der Waals surface area contributed by atoms with E-state index in [0.29, 0.717) is 54.4 Å². The topological polar surface area (TPSA) is 122 Å². The van der Waals surface area contributed by atoms with Crippen molar-refractivity contribution in [1.82, 2.24) is 20.1 Å². The number of aryl methyl sites for hydroxylation is 1. The van der Waals surface area contributed by atoms with E-state index in [1.165, 1.54) is 12.5 Å². The second kappa shape index (κ2) is 14.4. The lowest BCUT2D eigenvalue weighted by Crippen LogP contribution is -2.50. The van der Waals surface area contributed by atoms with Gasteiger partial charge in [-0.25, -0.2) is 0 Å². The Morgan fingerprint density at radius 1 is 0.956 bits per heavy atom. The summed E-state index contributed by atoms with van der Waals surface area (Å²) in [7, 11) is 4.68. The second-order valence-corrected chi connectivity index (χ2v) is 11.3. The maximum atomic E-state index is 13.6. The normalized spacial score (nSPS) is 16.1. The van der Waals surface area contributed by atoms with Crippen molar-refractivity contribution in [3.63, 3.8) is 0 Å². The summed E-state index contributed by atoms with van der Waals surface area (Å²) in [6.45, 7) is 5.27. The highest BCUT2D eigenvalue weighted by Gasteiger charge is 2.29. The Morgan fingerprint density at radius 3 is 2.36 bits per heavy atom. The minimum Gasteiger partial charge on any atom is -0.493 e. The number of fused-ring (bicyclic) bond motifs is 3. The van der Waals surface area contributed by atoms with Crippen molar-refractivity contribution in [3.05, 3.63) is 75.7 Å². The van der Waals surface area contributed by atoms with E-state index in [0.717, 1.165) is 42.7 Å². The van der Waals surface area contributed by atoms with E-state index in [1.54, 1.807) is 45.9 Å². The summed E-state index contributed by atoms with van der Waals surface area (Å²) in [6.07, 6.45) is 5.74. The number of methoxy groups -OCH3 is 3. The molecule has 1 aromatic heterocycles. The van der Waals surface area contributed by atoms with Crippen molar-refractivity contribution in [2.24, 2.45) is 0 Å². The number of benzene rings is 1. The molecule has 11 heteroatoms. The fraction of sp³-hybridized carbons (Fsp3) is 0.412. The molecule has 11 nitrogen and oxygen atoms in total. The smallest absolute Gasteiger partial charge is 0.241 e. The molecule has 2 N–H and O–H groups in total. The maximum absolute atomic E-state index is 13.6. The molecule has 0 saturated carbocycles. The van der Waals surface area contributed by atoms with E-state index >= 15 is 0 Å². The van der Waals surface area contributed by atoms with Crippen LogP contribution in [0.3, 0.4) is 0 Å². The third-order valence-corrected chi connectivity index (χ3v) is 8.54. The summed E-state index contributed by atoms with van der Waals surface area (Å²) in [5.41, 5.74) is 4.40. The first-order chi connectivity index (χ1) is 21.8. The molecule has 1 aliphatic heterocycles. The molecular weight excluding hydrogens is 574 g/mol. The fourth-order valence-corrected chi connectivity index (χ4v) is 6.19. The van der Waals surface area contributed by atoms with E-state index in [2.05, 4.69) is 20.5 Å². The molecule has 5 rings (SSSR count). The zero-order valence-corrected chi connectivity index (χ0v) is 26.4. The molecule has 0 spiro atoms. The molecule has 238 valence electrons. The average molecular weight is 616 g/mol. The van der Waals surface area contributed by atoms with Crippen LogP contribution >= 0.6 is 0 Å². The van der Waals surface area contributed by atoms with E-state index in [9.17, 15) is 14.4 Å². The first-order valence-electron chi connectivity index (χ1n) is 15.2. The molecule has 0 unspecified atom stereocenters. The molecule has 1 atom stereocenters. The number of anilines is 1. The summed E-state index contributed by atoms with van der Waals surface area (Å²) >= 11 is 0. The van der Waals surface area contributed by atoms with Crippen LogP contribution in [-0.2, 0) is 22.4 Å². The van der Waals surface area contributed by atoms with Gasteiger partial charge in [0.15, 0.2) is 11.5 Å². The van der Waals surface area contributed by atoms with E-state index in [4.69, 9.17) is 14.2 Å². The van der Waals surface area contributed by atoms with Gasteiger partial charge in [-0.2, -0.15) is 0 Å². The molecule has 0 bridgehead atoms. The van der Waals surface area contributed by atoms with Gasteiger partial charge in [0.25, 0.3) is 0 Å². The van der Waals surface area contributed by atoms with Crippen molar-refractivity contribution >= 4 is 17.5 Å². The largest absolute Gasteiger partial charge is 0.493 e. The zero-order valence-electron chi connectivity index (χ0n) is 26.4. The molecule has 2 aromatic carbocycles. The van der Waals surface area contributed by atoms with E-state index in [1.807, 2.05) is 29.2 Å². The van der Waals surface area contributed by atoms with Gasteiger partial charge in [0.1, 0.15) is 0 Å². The first-order valence-corrected chi connectivity index (χ1v) is 15.2. The standard InChI is InChI=1S/C34H41N5O6/c1-22(40)37-27-7-5-24-19-30(43-2)33(44-3)34(45-4)32(24)25-6-8-28(29(41)20-26(25)27)36-21-31(42)39-17-15-38(16-18-39)14-11-23-9-12-35-13-10-23/h6,8-10,12-13,19-20,27H,5,7,11,14-18,21H2,1-4H3,(H,36,41)(H,37,40)/t27-/m0/s1. The van der Waals surface area contributed by atoms with Crippen LogP contribution < -0.4 is 30.3 Å². The van der Waals surface area contributed by atoms with Gasteiger partial charge in [-0.05, 0) is 71.8 Å². The van der Waals surface area contributed by atoms with Gasteiger partial charge < -0.3 is 29.7 Å². The number of aromatic nitrogens is 1. The molecule has 45 heavy (non-hydrogen) atoms. The predicted molar refractivity (Wildman–Crippen MR) is 172 cm³/mol. The SMILES string of the molecule is COc1cc2c(c(OC)c1OC)-c1ccc(NCC(=O)N3CCN(CCc4ccncc4)CC3)c(=O)cc1[C@@H](NC(C)=O)CC2. The fourth-order valence-electron chi connectivity index (χ4n) is 6.19.